The highest BCUT2D eigenvalue weighted by Gasteiger charge is 2.04. The topological polar surface area (TPSA) is 103 Å². The van der Waals surface area contributed by atoms with Crippen LogP contribution in [-0.4, -0.2) is 41.7 Å². The lowest BCUT2D eigenvalue weighted by Gasteiger charge is -2.07. The van der Waals surface area contributed by atoms with Gasteiger partial charge in [-0.1, -0.05) is 61.0 Å². The number of hydrogen-bond acceptors (Lipinski definition) is 7. The van der Waals surface area contributed by atoms with Gasteiger partial charge in [0.25, 0.3) is 0 Å². The highest BCUT2D eigenvalue weighted by Crippen LogP contribution is 2.18. The molecule has 8 heteroatoms. The van der Waals surface area contributed by atoms with Gasteiger partial charge in [-0.25, -0.2) is 0 Å². The lowest BCUT2D eigenvalue weighted by Crippen LogP contribution is -2.05. The smallest absolute Gasteiger partial charge is 0.317 e. The summed E-state index contributed by atoms with van der Waals surface area (Å²) in [7, 11) is 3.31. The molecule has 3 N–H and O–H groups in total. The van der Waals surface area contributed by atoms with E-state index in [1.54, 1.807) is 14.2 Å². The van der Waals surface area contributed by atoms with Crippen LogP contribution in [0.1, 0.15) is 48.2 Å². The predicted octanol–water partition coefficient (Wildman–Crippen LogP) is 6.40. The van der Waals surface area contributed by atoms with Crippen LogP contribution in [0.4, 0.5) is 0 Å². The van der Waals surface area contributed by atoms with Gasteiger partial charge < -0.3 is 19.9 Å². The summed E-state index contributed by atoms with van der Waals surface area (Å²) in [4.78, 5) is 9.18. The number of rotatable bonds is 14. The molecular formula is C29H34N4O3S. The van der Waals surface area contributed by atoms with E-state index in [9.17, 15) is 0 Å². The monoisotopic (exact) mass is 518 g/mol. The van der Waals surface area contributed by atoms with E-state index in [2.05, 4.69) is 9.97 Å². The molecule has 0 aliphatic carbocycles. The molecule has 0 unspecified atom stereocenters. The first-order valence-electron chi connectivity index (χ1n) is 12.2. The molecule has 1 aromatic heterocycles. The molecule has 194 valence electrons. The van der Waals surface area contributed by atoms with Gasteiger partial charge in [0, 0.05) is 5.75 Å². The van der Waals surface area contributed by atoms with Crippen molar-refractivity contribution in [1.82, 2.24) is 9.97 Å². The zero-order chi connectivity index (χ0) is 26.3. The lowest BCUT2D eigenvalue weighted by molar-refractivity contribution is 0.281. The number of nitrogens with two attached hydrogens (primary N) is 1. The maximum absolute atomic E-state index is 7.25. The highest BCUT2D eigenvalue weighted by molar-refractivity contribution is 8.13. The summed E-state index contributed by atoms with van der Waals surface area (Å²) in [6.45, 7) is 0.549. The van der Waals surface area contributed by atoms with Crippen molar-refractivity contribution in [3.63, 3.8) is 0 Å². The Balaban J connectivity index is 1.66. The number of nitrogens with zero attached hydrogens (tertiary/aromatic N) is 2. The van der Waals surface area contributed by atoms with Gasteiger partial charge in [0.05, 0.1) is 32.2 Å². The van der Waals surface area contributed by atoms with E-state index in [0.29, 0.717) is 12.6 Å². The fourth-order valence-electron chi connectivity index (χ4n) is 3.39. The summed E-state index contributed by atoms with van der Waals surface area (Å²) >= 11 is 1.39. The number of hydrogen-bond donors (Lipinski definition) is 2. The quantitative estimate of drug-likeness (QED) is 0.145. The Morgan fingerprint density at radius 2 is 1.30 bits per heavy atom. The van der Waals surface area contributed by atoms with Gasteiger partial charge in [-0.05, 0) is 66.5 Å². The van der Waals surface area contributed by atoms with Crippen molar-refractivity contribution in [3.8, 4) is 17.5 Å². The van der Waals surface area contributed by atoms with Crippen molar-refractivity contribution in [2.75, 3.05) is 26.6 Å². The van der Waals surface area contributed by atoms with Crippen LogP contribution in [0.15, 0.2) is 54.6 Å². The van der Waals surface area contributed by atoms with Crippen molar-refractivity contribution in [1.29, 1.82) is 5.41 Å². The molecule has 3 aromatic rings. The third-order valence-electron chi connectivity index (χ3n) is 5.40. The van der Waals surface area contributed by atoms with Gasteiger partial charge in [0.2, 0.25) is 0 Å². The normalized spacial score (nSPS) is 11.2. The maximum Gasteiger partial charge on any atom is 0.317 e. The molecule has 2 aromatic carbocycles. The molecule has 37 heavy (non-hydrogen) atoms. The van der Waals surface area contributed by atoms with Gasteiger partial charge >= 0.3 is 6.01 Å². The van der Waals surface area contributed by atoms with Gasteiger partial charge in [0.1, 0.15) is 11.5 Å². The maximum atomic E-state index is 7.25. The Labute approximate surface area is 223 Å². The summed E-state index contributed by atoms with van der Waals surface area (Å²) in [5.41, 5.74) is 8.97. The molecule has 0 aliphatic rings. The molecule has 0 aliphatic heterocycles. The van der Waals surface area contributed by atoms with Crippen molar-refractivity contribution in [2.45, 2.75) is 25.7 Å². The van der Waals surface area contributed by atoms with Gasteiger partial charge in [-0.3, -0.25) is 5.41 Å². The second-order valence-electron chi connectivity index (χ2n) is 8.19. The Morgan fingerprint density at radius 3 is 1.78 bits per heavy atom. The van der Waals surface area contributed by atoms with Crippen molar-refractivity contribution >= 4 is 41.2 Å². The standard InChI is InChI=1S/C29H34N4O3S/c1-34-26-15-9-22(10-16-26)7-13-24-21-25(14-8-23-11-17-27(35-2)18-12-23)33-29(32-24)36-19-5-3-4-6-20-37-28(30)31/h7-18,21H,3-6,19-20H2,1-2H3,(H3,30,31)/b13-7+,14-8+. The fourth-order valence-corrected chi connectivity index (χ4v) is 3.96. The lowest BCUT2D eigenvalue weighted by atomic mass is 10.1. The van der Waals surface area contributed by atoms with E-state index in [0.717, 1.165) is 65.4 Å². The summed E-state index contributed by atoms with van der Waals surface area (Å²) in [5.74, 6) is 2.52. The minimum Gasteiger partial charge on any atom is -0.497 e. The van der Waals surface area contributed by atoms with Crippen LogP contribution in [0.5, 0.6) is 17.5 Å². The van der Waals surface area contributed by atoms with Crippen molar-refractivity contribution in [2.24, 2.45) is 5.73 Å². The van der Waals surface area contributed by atoms with Crippen LogP contribution in [0.3, 0.4) is 0 Å². The van der Waals surface area contributed by atoms with Crippen LogP contribution in [0.2, 0.25) is 0 Å². The molecule has 0 saturated carbocycles. The second kappa shape index (κ2) is 15.4. The Bertz CT molecular complexity index is 1100. The third-order valence-corrected chi connectivity index (χ3v) is 6.20. The van der Waals surface area contributed by atoms with Crippen LogP contribution in [-0.2, 0) is 0 Å². The SMILES string of the molecule is COc1ccc(/C=C/c2cc(/C=C/c3ccc(OC)cc3)nc(OCCCCCCSC(=N)N)n2)cc1. The van der Waals surface area contributed by atoms with Crippen LogP contribution < -0.4 is 19.9 Å². The van der Waals surface area contributed by atoms with Crippen molar-refractivity contribution in [3.05, 3.63) is 77.1 Å². The first kappa shape index (κ1) is 27.8. The predicted molar refractivity (Wildman–Crippen MR) is 154 cm³/mol. The molecule has 0 spiro atoms. The van der Waals surface area contributed by atoms with E-state index in [4.69, 9.17) is 25.4 Å². The fraction of sp³-hybridized carbons (Fsp3) is 0.276. The van der Waals surface area contributed by atoms with Gasteiger partial charge in [-0.2, -0.15) is 9.97 Å². The van der Waals surface area contributed by atoms with Gasteiger partial charge in [0.15, 0.2) is 5.17 Å². The molecule has 0 atom stereocenters. The Morgan fingerprint density at radius 1 is 0.784 bits per heavy atom. The summed E-state index contributed by atoms with van der Waals surface area (Å²) in [6.07, 6.45) is 12.0. The average molecular weight is 519 g/mol. The number of aromatic nitrogens is 2. The molecule has 0 amide bonds. The highest BCUT2D eigenvalue weighted by atomic mass is 32.2. The zero-order valence-electron chi connectivity index (χ0n) is 21.4. The van der Waals surface area contributed by atoms with E-state index >= 15 is 0 Å². The zero-order valence-corrected chi connectivity index (χ0v) is 22.2. The number of unbranched alkanes of at least 4 members (excludes halogenated alkanes) is 3. The molecule has 7 nitrogen and oxygen atoms in total. The van der Waals surface area contributed by atoms with Crippen molar-refractivity contribution < 1.29 is 14.2 Å². The number of amidine groups is 1. The first-order valence-corrected chi connectivity index (χ1v) is 13.2. The number of benzene rings is 2. The first-order chi connectivity index (χ1) is 18.1. The number of methoxy groups -OCH3 is 2. The van der Waals surface area contributed by atoms with Crippen LogP contribution in [0, 0.1) is 5.41 Å². The minimum absolute atomic E-state index is 0.179. The second-order valence-corrected chi connectivity index (χ2v) is 9.33. The van der Waals surface area contributed by atoms with E-state index in [-0.39, 0.29) is 5.17 Å². The summed E-state index contributed by atoms with van der Waals surface area (Å²) < 4.78 is 16.4. The third kappa shape index (κ3) is 10.4. The van der Waals surface area contributed by atoms with E-state index in [1.807, 2.05) is 78.9 Å². The Hall–Kier alpha value is -3.78. The molecule has 3 rings (SSSR count). The number of nitrogens with one attached hydrogen (secondary N) is 1. The van der Waals surface area contributed by atoms with E-state index < -0.39 is 0 Å². The van der Waals surface area contributed by atoms with Crippen LogP contribution in [0.25, 0.3) is 24.3 Å². The molecular weight excluding hydrogens is 484 g/mol. The molecule has 0 bridgehead atoms. The Kier molecular flexibility index (Phi) is 11.5. The molecule has 1 heterocycles. The summed E-state index contributed by atoms with van der Waals surface area (Å²) in [6, 6.07) is 18.0. The number of ether oxygens (including phenoxy) is 3. The largest absolute Gasteiger partial charge is 0.497 e. The average Bonchev–Trinajstić information content (AvgIpc) is 2.92. The van der Waals surface area contributed by atoms with E-state index in [1.165, 1.54) is 11.8 Å². The number of thioether (sulfide) groups is 1. The molecule has 0 saturated heterocycles. The summed E-state index contributed by atoms with van der Waals surface area (Å²) in [5, 5.41) is 7.43. The van der Waals surface area contributed by atoms with Crippen LogP contribution >= 0.6 is 11.8 Å². The molecule has 0 radical (unpaired) electrons. The molecule has 0 fully saturated rings. The minimum atomic E-state index is 0.179. The van der Waals surface area contributed by atoms with Gasteiger partial charge in [-0.15, -0.1) is 0 Å².